The van der Waals surface area contributed by atoms with Crippen LogP contribution in [0.3, 0.4) is 0 Å². The summed E-state index contributed by atoms with van der Waals surface area (Å²) in [6.45, 7) is 4.31. The van der Waals surface area contributed by atoms with Gasteiger partial charge in [-0.15, -0.1) is 18.3 Å². The summed E-state index contributed by atoms with van der Waals surface area (Å²) in [7, 11) is 0. The maximum atomic E-state index is 13.3. The van der Waals surface area contributed by atoms with Crippen LogP contribution in [0.25, 0.3) is 5.76 Å². The average Bonchev–Trinajstić information content (AvgIpc) is 3.19. The van der Waals surface area contributed by atoms with Crippen molar-refractivity contribution >= 4 is 29.0 Å². The predicted octanol–water partition coefficient (Wildman–Crippen LogP) is 4.15. The van der Waals surface area contributed by atoms with Crippen LogP contribution < -0.4 is 14.5 Å². The van der Waals surface area contributed by atoms with E-state index < -0.39 is 35.6 Å². The zero-order valence-corrected chi connectivity index (χ0v) is 20.7. The summed E-state index contributed by atoms with van der Waals surface area (Å²) in [5.74, 6) is -2.78. The van der Waals surface area contributed by atoms with Crippen LogP contribution >= 0.6 is 0 Å². The summed E-state index contributed by atoms with van der Waals surface area (Å²) in [4.78, 5) is 29.7. The van der Waals surface area contributed by atoms with Crippen molar-refractivity contribution in [2.45, 2.75) is 19.3 Å². The number of alkyl halides is 3. The fourth-order valence-electron chi connectivity index (χ4n) is 4.56. The molecule has 1 N–H and O–H groups in total. The summed E-state index contributed by atoms with van der Waals surface area (Å²) in [5.41, 5.74) is 1.80. The van der Waals surface area contributed by atoms with Crippen LogP contribution in [-0.2, 0) is 14.3 Å². The molecule has 3 aromatic rings. The molecule has 12 heteroatoms. The molecule has 2 saturated heterocycles. The molecule has 1 amide bonds. The highest BCUT2D eigenvalue weighted by atomic mass is 19.4. The first-order chi connectivity index (χ1) is 18.6. The van der Waals surface area contributed by atoms with Crippen molar-refractivity contribution in [2.75, 3.05) is 36.1 Å². The van der Waals surface area contributed by atoms with E-state index in [4.69, 9.17) is 4.74 Å². The summed E-state index contributed by atoms with van der Waals surface area (Å²) >= 11 is 0. The lowest BCUT2D eigenvalue weighted by atomic mass is 9.95. The van der Waals surface area contributed by atoms with Crippen LogP contribution in [0.1, 0.15) is 22.9 Å². The molecule has 1 atom stereocenters. The largest absolute Gasteiger partial charge is 0.573 e. The Morgan fingerprint density at radius 2 is 1.64 bits per heavy atom. The number of hydrogen-bond acceptors (Lipinski definition) is 8. The lowest BCUT2D eigenvalue weighted by Gasteiger charge is -2.29. The molecular weight excluding hydrogens is 517 g/mol. The third-order valence-electron chi connectivity index (χ3n) is 6.42. The molecule has 2 aromatic carbocycles. The van der Waals surface area contributed by atoms with E-state index >= 15 is 0 Å². The summed E-state index contributed by atoms with van der Waals surface area (Å²) < 4.78 is 47.4. The first-order valence-corrected chi connectivity index (χ1v) is 12.0. The van der Waals surface area contributed by atoms with Gasteiger partial charge >= 0.3 is 12.3 Å². The van der Waals surface area contributed by atoms with Crippen LogP contribution in [0.15, 0.2) is 66.2 Å². The molecule has 39 heavy (non-hydrogen) atoms. The number of ether oxygens (including phenoxy) is 2. The van der Waals surface area contributed by atoms with Crippen LogP contribution in [0.5, 0.6) is 5.75 Å². The number of aromatic nitrogens is 2. The topological polar surface area (TPSA) is 105 Å². The van der Waals surface area contributed by atoms with Crippen LogP contribution in [0.4, 0.5) is 24.7 Å². The van der Waals surface area contributed by atoms with Gasteiger partial charge in [0.2, 0.25) is 0 Å². The molecule has 0 radical (unpaired) electrons. The van der Waals surface area contributed by atoms with Crippen LogP contribution in [0, 0.1) is 6.92 Å². The van der Waals surface area contributed by atoms with Crippen molar-refractivity contribution < 1.29 is 37.3 Å². The van der Waals surface area contributed by atoms with Gasteiger partial charge in [-0.3, -0.25) is 14.5 Å². The third-order valence-corrected chi connectivity index (χ3v) is 6.42. The Labute approximate surface area is 221 Å². The first-order valence-electron chi connectivity index (χ1n) is 12.0. The Hall–Kier alpha value is -4.45. The highest BCUT2D eigenvalue weighted by Crippen LogP contribution is 2.42. The summed E-state index contributed by atoms with van der Waals surface area (Å²) in [5, 5.41) is 19.3. The SMILES string of the molecule is Cc1ccc(N2C(=O)C(=O)C(=C(O)c3ccc(N4CCOCC4)cc3)C2c2ccc(OC(F)(F)F)cc2)nn1. The monoisotopic (exact) mass is 540 g/mol. The summed E-state index contributed by atoms with van der Waals surface area (Å²) in [6, 6.07) is 13.5. The van der Waals surface area contributed by atoms with Gasteiger partial charge in [-0.2, -0.15) is 5.10 Å². The van der Waals surface area contributed by atoms with E-state index in [9.17, 15) is 27.9 Å². The van der Waals surface area contributed by atoms with Crippen molar-refractivity contribution in [3.63, 3.8) is 0 Å². The minimum Gasteiger partial charge on any atom is -0.507 e. The third kappa shape index (κ3) is 5.41. The zero-order valence-electron chi connectivity index (χ0n) is 20.7. The van der Waals surface area contributed by atoms with E-state index in [-0.39, 0.29) is 17.0 Å². The van der Waals surface area contributed by atoms with Gasteiger partial charge in [-0.1, -0.05) is 12.1 Å². The van der Waals surface area contributed by atoms with Gasteiger partial charge in [-0.25, -0.2) is 0 Å². The number of aryl methyl sites for hydroxylation is 1. The molecule has 0 bridgehead atoms. The quantitative estimate of drug-likeness (QED) is 0.293. The Balaban J connectivity index is 1.57. The number of carbonyl (C=O) groups is 2. The molecular formula is C27H23F3N4O5. The second-order valence-corrected chi connectivity index (χ2v) is 8.97. The van der Waals surface area contributed by atoms with E-state index in [1.165, 1.54) is 18.2 Å². The van der Waals surface area contributed by atoms with Gasteiger partial charge in [0.25, 0.3) is 5.78 Å². The van der Waals surface area contributed by atoms with E-state index in [0.717, 1.165) is 22.7 Å². The minimum atomic E-state index is -4.89. The molecule has 2 fully saturated rings. The van der Waals surface area contributed by atoms with Crippen LogP contribution in [0.2, 0.25) is 0 Å². The molecule has 2 aliphatic heterocycles. The van der Waals surface area contributed by atoms with Crippen molar-refractivity contribution in [2.24, 2.45) is 0 Å². The number of rotatable bonds is 5. The highest BCUT2D eigenvalue weighted by molar-refractivity contribution is 6.51. The van der Waals surface area contributed by atoms with Gasteiger partial charge < -0.3 is 19.5 Å². The molecule has 2 aliphatic rings. The summed E-state index contributed by atoms with van der Waals surface area (Å²) in [6.07, 6.45) is -4.89. The van der Waals surface area contributed by atoms with Gasteiger partial charge in [0.05, 0.1) is 30.5 Å². The number of ketones is 1. The number of aliphatic hydroxyl groups excluding tert-OH is 1. The maximum absolute atomic E-state index is 13.3. The predicted molar refractivity (Wildman–Crippen MR) is 134 cm³/mol. The number of halogens is 3. The standard InChI is InChI=1S/C27H23F3N4O5/c1-16-2-11-21(32-31-16)34-23(17-5-9-20(10-6-17)39-27(28,29)30)22(25(36)26(34)37)24(35)18-3-7-19(8-4-18)33-12-14-38-15-13-33/h2-11,23,35H,12-15H2,1H3. The molecule has 9 nitrogen and oxygen atoms in total. The lowest BCUT2D eigenvalue weighted by Crippen LogP contribution is -2.36. The smallest absolute Gasteiger partial charge is 0.507 e. The van der Waals surface area contributed by atoms with Crippen molar-refractivity contribution in [3.05, 3.63) is 83.1 Å². The second-order valence-electron chi connectivity index (χ2n) is 8.97. The highest BCUT2D eigenvalue weighted by Gasteiger charge is 2.47. The number of anilines is 2. The Morgan fingerprint density at radius 1 is 0.974 bits per heavy atom. The van der Waals surface area contributed by atoms with Gasteiger partial charge in [0.1, 0.15) is 11.5 Å². The molecule has 0 saturated carbocycles. The maximum Gasteiger partial charge on any atom is 0.573 e. The Bertz CT molecular complexity index is 1400. The fraction of sp³-hybridized carbons (Fsp3) is 0.259. The van der Waals surface area contributed by atoms with E-state index in [0.29, 0.717) is 37.6 Å². The van der Waals surface area contributed by atoms with Gasteiger partial charge in [0.15, 0.2) is 5.82 Å². The number of hydrogen-bond donors (Lipinski definition) is 1. The van der Waals surface area contributed by atoms with E-state index in [1.54, 1.807) is 37.3 Å². The van der Waals surface area contributed by atoms with E-state index in [2.05, 4.69) is 19.8 Å². The normalized spacial score (nSPS) is 19.4. The minimum absolute atomic E-state index is 0.0463. The molecule has 3 heterocycles. The molecule has 1 aromatic heterocycles. The van der Waals surface area contributed by atoms with Gasteiger partial charge in [-0.05, 0) is 61.0 Å². The molecule has 5 rings (SSSR count). The molecule has 0 aliphatic carbocycles. The van der Waals surface area contributed by atoms with Crippen LogP contribution in [-0.4, -0.2) is 59.7 Å². The lowest BCUT2D eigenvalue weighted by molar-refractivity contribution is -0.274. The van der Waals surface area contributed by atoms with Crippen molar-refractivity contribution in [1.82, 2.24) is 10.2 Å². The first kappa shape index (κ1) is 26.2. The van der Waals surface area contributed by atoms with Crippen molar-refractivity contribution in [1.29, 1.82) is 0 Å². The number of aliphatic hydroxyl groups is 1. The van der Waals surface area contributed by atoms with E-state index in [1.807, 2.05) is 0 Å². The van der Waals surface area contributed by atoms with Gasteiger partial charge in [0, 0.05) is 24.3 Å². The number of nitrogens with zero attached hydrogens (tertiary/aromatic N) is 4. The Kier molecular flexibility index (Phi) is 6.96. The fourth-order valence-corrected chi connectivity index (χ4v) is 4.56. The number of morpholine rings is 1. The molecule has 202 valence electrons. The number of amides is 1. The van der Waals surface area contributed by atoms with Crippen molar-refractivity contribution in [3.8, 4) is 5.75 Å². The Morgan fingerprint density at radius 3 is 2.23 bits per heavy atom. The number of benzene rings is 2. The molecule has 0 spiro atoms. The second kappa shape index (κ2) is 10.4. The average molecular weight is 540 g/mol. The number of carbonyl (C=O) groups excluding carboxylic acids is 2. The number of Topliss-reactive ketones (excluding diaryl/α,β-unsaturated/α-hetero) is 1. The molecule has 1 unspecified atom stereocenters. The zero-order chi connectivity index (χ0) is 27.7.